The summed E-state index contributed by atoms with van der Waals surface area (Å²) in [6, 6.07) is 9.50. The highest BCUT2D eigenvalue weighted by atomic mass is 16.7. The van der Waals surface area contributed by atoms with Crippen molar-refractivity contribution in [2.24, 2.45) is 0 Å². The molecule has 0 aliphatic rings. The predicted octanol–water partition coefficient (Wildman–Crippen LogP) is 2.20. The van der Waals surface area contributed by atoms with E-state index in [9.17, 15) is 4.79 Å². The fourth-order valence-electron chi connectivity index (χ4n) is 2.00. The first-order valence-corrected chi connectivity index (χ1v) is 5.79. The minimum Gasteiger partial charge on any atom is -0.461 e. The van der Waals surface area contributed by atoms with Crippen molar-refractivity contribution in [3.8, 4) is 0 Å². The second kappa shape index (κ2) is 6.26. The number of nitrogens with zero attached hydrogens (tertiary/aromatic N) is 1. The van der Waals surface area contributed by atoms with Crippen LogP contribution in [0.3, 0.4) is 0 Å². The van der Waals surface area contributed by atoms with Gasteiger partial charge in [0.15, 0.2) is 6.29 Å². The molecule has 1 heterocycles. The lowest BCUT2D eigenvalue weighted by Crippen LogP contribution is -2.07. The molecule has 0 spiro atoms. The summed E-state index contributed by atoms with van der Waals surface area (Å²) < 4.78 is 15.3. The Kier molecular flexibility index (Phi) is 4.43. The van der Waals surface area contributed by atoms with Crippen molar-refractivity contribution in [1.29, 1.82) is 0 Å². The van der Waals surface area contributed by atoms with Crippen LogP contribution in [0.25, 0.3) is 10.9 Å². The van der Waals surface area contributed by atoms with Crippen molar-refractivity contribution in [2.75, 3.05) is 14.2 Å². The molecule has 0 amide bonds. The van der Waals surface area contributed by atoms with Crippen LogP contribution in [0.4, 0.5) is 0 Å². The third-order valence-corrected chi connectivity index (χ3v) is 2.78. The van der Waals surface area contributed by atoms with Gasteiger partial charge in [-0.2, -0.15) is 0 Å². The number of hydrogen-bond acceptors (Lipinski definition) is 5. The molecular formula is C14H15NO4. The quantitative estimate of drug-likeness (QED) is 0.589. The van der Waals surface area contributed by atoms with E-state index in [-0.39, 0.29) is 6.61 Å². The summed E-state index contributed by atoms with van der Waals surface area (Å²) in [5, 5.41) is 0.950. The van der Waals surface area contributed by atoms with Gasteiger partial charge < -0.3 is 14.2 Å². The first-order chi connectivity index (χ1) is 9.30. The molecule has 1 aromatic carbocycles. The molecule has 19 heavy (non-hydrogen) atoms. The van der Waals surface area contributed by atoms with Gasteiger partial charge in [-0.1, -0.05) is 18.2 Å². The number of carbonyl (C=O) groups excluding carboxylic acids is 1. The molecule has 0 fully saturated rings. The van der Waals surface area contributed by atoms with Gasteiger partial charge >= 0.3 is 0 Å². The number of hydrogen-bond donors (Lipinski definition) is 0. The van der Waals surface area contributed by atoms with Crippen LogP contribution in [0.2, 0.25) is 0 Å². The number of ether oxygens (including phenoxy) is 3. The first kappa shape index (κ1) is 13.5. The molecule has 0 N–H and O–H groups in total. The zero-order valence-electron chi connectivity index (χ0n) is 10.8. The van der Waals surface area contributed by atoms with Crippen molar-refractivity contribution in [3.05, 3.63) is 41.6 Å². The molecule has 5 nitrogen and oxygen atoms in total. The molecule has 5 heteroatoms. The van der Waals surface area contributed by atoms with E-state index in [0.717, 1.165) is 16.5 Å². The minimum atomic E-state index is -0.483. The second-order valence-electron chi connectivity index (χ2n) is 3.93. The third-order valence-electron chi connectivity index (χ3n) is 2.78. The summed E-state index contributed by atoms with van der Waals surface area (Å²) in [6.07, 6.45) is -0.483. The molecule has 0 unspecified atom stereocenters. The summed E-state index contributed by atoms with van der Waals surface area (Å²) in [5.41, 5.74) is 2.32. The second-order valence-corrected chi connectivity index (χ2v) is 3.93. The molecule has 1 aromatic heterocycles. The molecule has 0 radical (unpaired) electrons. The van der Waals surface area contributed by atoms with Crippen LogP contribution in [0.5, 0.6) is 0 Å². The van der Waals surface area contributed by atoms with Gasteiger partial charge in [0.05, 0.1) is 11.2 Å². The lowest BCUT2D eigenvalue weighted by Gasteiger charge is -2.17. The summed E-state index contributed by atoms with van der Waals surface area (Å²) in [6.45, 7) is 0.530. The largest absolute Gasteiger partial charge is 0.461 e. The average molecular weight is 261 g/mol. The SMILES string of the molecule is COC(OC)c1cc(COC=O)nc2ccccc12. The Balaban J connectivity index is 2.53. The summed E-state index contributed by atoms with van der Waals surface area (Å²) in [7, 11) is 3.15. The number of aromatic nitrogens is 1. The number of carbonyl (C=O) groups is 1. The molecule has 100 valence electrons. The molecule has 0 saturated carbocycles. The van der Waals surface area contributed by atoms with E-state index in [1.54, 1.807) is 14.2 Å². The fraction of sp³-hybridized carbons (Fsp3) is 0.286. The van der Waals surface area contributed by atoms with Crippen LogP contribution in [0.1, 0.15) is 17.5 Å². The van der Waals surface area contributed by atoms with Gasteiger partial charge in [-0.3, -0.25) is 4.79 Å². The van der Waals surface area contributed by atoms with Gasteiger partial charge in [-0.05, 0) is 12.1 Å². The number of rotatable bonds is 6. The van der Waals surface area contributed by atoms with Gasteiger partial charge in [0.25, 0.3) is 6.47 Å². The average Bonchev–Trinajstić information content (AvgIpc) is 2.46. The van der Waals surface area contributed by atoms with Crippen LogP contribution < -0.4 is 0 Å². The fourth-order valence-corrected chi connectivity index (χ4v) is 2.00. The van der Waals surface area contributed by atoms with Crippen molar-refractivity contribution in [1.82, 2.24) is 4.98 Å². The van der Waals surface area contributed by atoms with E-state index in [0.29, 0.717) is 12.2 Å². The van der Waals surface area contributed by atoms with E-state index in [4.69, 9.17) is 14.2 Å². The molecular weight excluding hydrogens is 246 g/mol. The van der Waals surface area contributed by atoms with E-state index in [2.05, 4.69) is 4.98 Å². The maximum atomic E-state index is 10.3. The van der Waals surface area contributed by atoms with E-state index < -0.39 is 6.29 Å². The zero-order chi connectivity index (χ0) is 13.7. The Labute approximate surface area is 111 Å². The maximum Gasteiger partial charge on any atom is 0.293 e. The lowest BCUT2D eigenvalue weighted by atomic mass is 10.1. The third kappa shape index (κ3) is 2.89. The molecule has 0 bridgehead atoms. The molecule has 0 aliphatic carbocycles. The highest BCUT2D eigenvalue weighted by Crippen LogP contribution is 2.26. The van der Waals surface area contributed by atoms with Gasteiger partial charge in [-0.15, -0.1) is 0 Å². The zero-order valence-corrected chi connectivity index (χ0v) is 10.8. The van der Waals surface area contributed by atoms with E-state index >= 15 is 0 Å². The topological polar surface area (TPSA) is 57.7 Å². The van der Waals surface area contributed by atoms with Crippen LogP contribution in [-0.2, 0) is 25.6 Å². The lowest BCUT2D eigenvalue weighted by molar-refractivity contribution is -0.129. The predicted molar refractivity (Wildman–Crippen MR) is 69.4 cm³/mol. The Morgan fingerprint density at radius 2 is 2.00 bits per heavy atom. The van der Waals surface area contributed by atoms with Crippen LogP contribution >= 0.6 is 0 Å². The van der Waals surface area contributed by atoms with Crippen molar-refractivity contribution >= 4 is 17.4 Å². The summed E-state index contributed by atoms with van der Waals surface area (Å²) >= 11 is 0. The molecule has 2 rings (SSSR count). The highest BCUT2D eigenvalue weighted by molar-refractivity contribution is 5.82. The Hall–Kier alpha value is -1.98. The Morgan fingerprint density at radius 3 is 2.68 bits per heavy atom. The van der Waals surface area contributed by atoms with Gasteiger partial charge in [0.2, 0.25) is 0 Å². The summed E-state index contributed by atoms with van der Waals surface area (Å²) in [4.78, 5) is 14.7. The standard InChI is InChI=1S/C14H15NO4/c1-17-14(18-2)12-7-10(8-19-9-16)15-13-6-4-3-5-11(12)13/h3-7,9,14H,8H2,1-2H3. The van der Waals surface area contributed by atoms with Crippen molar-refractivity contribution in [3.63, 3.8) is 0 Å². The maximum absolute atomic E-state index is 10.3. The Morgan fingerprint density at radius 1 is 1.26 bits per heavy atom. The number of para-hydroxylation sites is 1. The first-order valence-electron chi connectivity index (χ1n) is 5.79. The van der Waals surface area contributed by atoms with Crippen molar-refractivity contribution in [2.45, 2.75) is 12.9 Å². The number of benzene rings is 1. The number of pyridine rings is 1. The highest BCUT2D eigenvalue weighted by Gasteiger charge is 2.15. The normalized spacial score (nSPS) is 10.9. The van der Waals surface area contributed by atoms with Crippen molar-refractivity contribution < 1.29 is 19.0 Å². The minimum absolute atomic E-state index is 0.126. The molecule has 2 aromatic rings. The monoisotopic (exact) mass is 261 g/mol. The van der Waals surface area contributed by atoms with Gasteiger partial charge in [0.1, 0.15) is 6.61 Å². The number of methoxy groups -OCH3 is 2. The summed E-state index contributed by atoms with van der Waals surface area (Å²) in [5.74, 6) is 0. The number of fused-ring (bicyclic) bond motifs is 1. The Bertz CT molecular complexity index is 566. The molecule has 0 saturated heterocycles. The van der Waals surface area contributed by atoms with E-state index in [1.807, 2.05) is 30.3 Å². The van der Waals surface area contributed by atoms with Crippen LogP contribution in [-0.4, -0.2) is 25.7 Å². The van der Waals surface area contributed by atoms with Gasteiger partial charge in [-0.25, -0.2) is 4.98 Å². The molecule has 0 aliphatic heterocycles. The van der Waals surface area contributed by atoms with Gasteiger partial charge in [0, 0.05) is 25.2 Å². The smallest absolute Gasteiger partial charge is 0.293 e. The van der Waals surface area contributed by atoms with E-state index in [1.165, 1.54) is 0 Å². The van der Waals surface area contributed by atoms with Crippen LogP contribution in [0, 0.1) is 0 Å². The van der Waals surface area contributed by atoms with Crippen LogP contribution in [0.15, 0.2) is 30.3 Å². The molecule has 0 atom stereocenters.